The van der Waals surface area contributed by atoms with Crippen LogP contribution in [0.3, 0.4) is 0 Å². The van der Waals surface area contributed by atoms with E-state index in [9.17, 15) is 5.11 Å². The summed E-state index contributed by atoms with van der Waals surface area (Å²) in [5, 5.41) is 18.1. The van der Waals surface area contributed by atoms with Gasteiger partial charge in [0, 0.05) is 4.90 Å². The van der Waals surface area contributed by atoms with Crippen molar-refractivity contribution < 1.29 is 5.11 Å². The topological polar surface area (TPSA) is 46.0 Å². The molecule has 3 nitrogen and oxygen atoms in total. The predicted molar refractivity (Wildman–Crippen MR) is 59.0 cm³/mol. The monoisotopic (exact) mass is 218 g/mol. The van der Waals surface area contributed by atoms with Crippen LogP contribution in [-0.4, -0.2) is 15.3 Å². The van der Waals surface area contributed by atoms with Gasteiger partial charge in [-0.15, -0.1) is 5.10 Å². The van der Waals surface area contributed by atoms with Gasteiger partial charge in [-0.3, -0.25) is 0 Å². The summed E-state index contributed by atoms with van der Waals surface area (Å²) in [5.74, 6) is 0.264. The number of rotatable bonds is 2. The van der Waals surface area contributed by atoms with Gasteiger partial charge in [-0.2, -0.15) is 5.10 Å². The maximum absolute atomic E-state index is 9.29. The Hall–Kier alpha value is -1.55. The Bertz CT molecular complexity index is 456. The molecule has 0 spiro atoms. The molecule has 2 aromatic rings. The molecule has 1 aromatic heterocycles. The molecule has 1 aromatic carbocycles. The van der Waals surface area contributed by atoms with Crippen LogP contribution in [0.2, 0.25) is 0 Å². The Morgan fingerprint density at radius 2 is 2.00 bits per heavy atom. The summed E-state index contributed by atoms with van der Waals surface area (Å²) in [7, 11) is 0. The van der Waals surface area contributed by atoms with Crippen molar-refractivity contribution in [2.24, 2.45) is 0 Å². The van der Waals surface area contributed by atoms with Crippen molar-refractivity contribution in [3.05, 3.63) is 42.1 Å². The second-order valence-electron chi connectivity index (χ2n) is 3.11. The lowest BCUT2D eigenvalue weighted by Gasteiger charge is -2.00. The number of phenolic OH excluding ortho intramolecular Hbond substituents is 1. The highest BCUT2D eigenvalue weighted by molar-refractivity contribution is 7.99. The molecule has 0 amide bonds. The largest absolute Gasteiger partial charge is 0.508 e. The van der Waals surface area contributed by atoms with Crippen molar-refractivity contribution in [1.82, 2.24) is 10.2 Å². The zero-order chi connectivity index (χ0) is 10.7. The summed E-state index contributed by atoms with van der Waals surface area (Å²) < 4.78 is 0. The number of nitrogens with zero attached hydrogens (tertiary/aromatic N) is 2. The highest BCUT2D eigenvalue weighted by Crippen LogP contribution is 2.27. The molecular formula is C11H10N2OS. The Morgan fingerprint density at radius 1 is 1.13 bits per heavy atom. The van der Waals surface area contributed by atoms with Crippen molar-refractivity contribution in [2.45, 2.75) is 16.8 Å². The second kappa shape index (κ2) is 4.31. The fourth-order valence-corrected chi connectivity index (χ4v) is 1.89. The zero-order valence-electron chi connectivity index (χ0n) is 8.21. The van der Waals surface area contributed by atoms with Crippen LogP contribution in [0.15, 0.2) is 46.3 Å². The van der Waals surface area contributed by atoms with E-state index in [2.05, 4.69) is 10.2 Å². The molecule has 76 valence electrons. The van der Waals surface area contributed by atoms with Gasteiger partial charge < -0.3 is 5.11 Å². The first-order chi connectivity index (χ1) is 7.24. The summed E-state index contributed by atoms with van der Waals surface area (Å²) >= 11 is 1.48. The van der Waals surface area contributed by atoms with E-state index in [-0.39, 0.29) is 5.75 Å². The number of aromatic nitrogens is 2. The van der Waals surface area contributed by atoms with Gasteiger partial charge in [0.15, 0.2) is 0 Å². The molecule has 0 aliphatic heterocycles. The molecule has 0 saturated carbocycles. The molecule has 0 saturated heterocycles. The van der Waals surface area contributed by atoms with Gasteiger partial charge in [0.05, 0.1) is 5.69 Å². The van der Waals surface area contributed by atoms with Crippen LogP contribution in [0.5, 0.6) is 5.75 Å². The van der Waals surface area contributed by atoms with Gasteiger partial charge in [-0.1, -0.05) is 17.8 Å². The Morgan fingerprint density at radius 3 is 2.67 bits per heavy atom. The van der Waals surface area contributed by atoms with E-state index < -0.39 is 0 Å². The Labute approximate surface area is 92.2 Å². The van der Waals surface area contributed by atoms with Crippen LogP contribution < -0.4 is 0 Å². The molecule has 0 unspecified atom stereocenters. The maximum atomic E-state index is 9.29. The molecule has 0 atom stereocenters. The third-order valence-corrected chi connectivity index (χ3v) is 2.73. The Kier molecular flexibility index (Phi) is 2.87. The van der Waals surface area contributed by atoms with Crippen molar-refractivity contribution in [2.75, 3.05) is 0 Å². The normalized spacial score (nSPS) is 10.2. The van der Waals surface area contributed by atoms with Crippen LogP contribution in [0, 0.1) is 6.92 Å². The Balaban J connectivity index is 2.18. The molecule has 0 radical (unpaired) electrons. The van der Waals surface area contributed by atoms with E-state index in [4.69, 9.17) is 0 Å². The molecular weight excluding hydrogens is 208 g/mol. The standard InChI is InChI=1S/C11H10N2OS/c1-8-5-6-11(13-12-8)15-10-4-2-3-9(14)7-10/h2-7,14H,1H3. The van der Waals surface area contributed by atoms with E-state index in [1.807, 2.05) is 25.1 Å². The summed E-state index contributed by atoms with van der Waals surface area (Å²) in [6.45, 7) is 1.90. The van der Waals surface area contributed by atoms with Crippen LogP contribution in [0.4, 0.5) is 0 Å². The molecule has 1 heterocycles. The highest BCUT2D eigenvalue weighted by Gasteiger charge is 1.99. The third-order valence-electron chi connectivity index (χ3n) is 1.81. The van der Waals surface area contributed by atoms with E-state index in [1.165, 1.54) is 11.8 Å². The summed E-state index contributed by atoms with van der Waals surface area (Å²) in [4.78, 5) is 0.952. The molecule has 0 fully saturated rings. The van der Waals surface area contributed by atoms with E-state index in [1.54, 1.807) is 18.2 Å². The minimum atomic E-state index is 0.264. The van der Waals surface area contributed by atoms with Crippen LogP contribution >= 0.6 is 11.8 Å². The summed E-state index contributed by atoms with van der Waals surface area (Å²) in [6.07, 6.45) is 0. The second-order valence-corrected chi connectivity index (χ2v) is 4.21. The van der Waals surface area contributed by atoms with Crippen molar-refractivity contribution >= 4 is 11.8 Å². The van der Waals surface area contributed by atoms with E-state index in [0.29, 0.717) is 0 Å². The molecule has 0 aliphatic carbocycles. The van der Waals surface area contributed by atoms with Crippen LogP contribution in [-0.2, 0) is 0 Å². The van der Waals surface area contributed by atoms with Crippen molar-refractivity contribution in [1.29, 1.82) is 0 Å². The molecule has 0 aliphatic rings. The number of benzene rings is 1. The summed E-state index contributed by atoms with van der Waals surface area (Å²) in [6, 6.07) is 10.9. The first-order valence-electron chi connectivity index (χ1n) is 4.51. The quantitative estimate of drug-likeness (QED) is 0.841. The predicted octanol–water partition coefficient (Wildman–Crippen LogP) is 2.64. The van der Waals surface area contributed by atoms with Crippen LogP contribution in [0.1, 0.15) is 5.69 Å². The maximum Gasteiger partial charge on any atom is 0.124 e. The molecule has 1 N–H and O–H groups in total. The van der Waals surface area contributed by atoms with Crippen molar-refractivity contribution in [3.63, 3.8) is 0 Å². The van der Waals surface area contributed by atoms with Gasteiger partial charge in [0.2, 0.25) is 0 Å². The van der Waals surface area contributed by atoms with Crippen LogP contribution in [0.25, 0.3) is 0 Å². The minimum Gasteiger partial charge on any atom is -0.508 e. The fraction of sp³-hybridized carbons (Fsp3) is 0.0909. The van der Waals surface area contributed by atoms with Gasteiger partial charge in [0.1, 0.15) is 10.8 Å². The smallest absolute Gasteiger partial charge is 0.124 e. The average molecular weight is 218 g/mol. The SMILES string of the molecule is Cc1ccc(Sc2cccc(O)c2)nn1. The van der Waals surface area contributed by atoms with Crippen molar-refractivity contribution in [3.8, 4) is 5.75 Å². The first kappa shape index (κ1) is 9.98. The van der Waals surface area contributed by atoms with Gasteiger partial charge >= 0.3 is 0 Å². The first-order valence-corrected chi connectivity index (χ1v) is 5.33. The van der Waals surface area contributed by atoms with E-state index in [0.717, 1.165) is 15.6 Å². The number of hydrogen-bond acceptors (Lipinski definition) is 4. The molecule has 4 heteroatoms. The lowest BCUT2D eigenvalue weighted by atomic mass is 10.3. The number of aryl methyl sites for hydroxylation is 1. The van der Waals surface area contributed by atoms with Gasteiger partial charge in [-0.05, 0) is 37.3 Å². The zero-order valence-corrected chi connectivity index (χ0v) is 9.03. The minimum absolute atomic E-state index is 0.264. The highest BCUT2D eigenvalue weighted by atomic mass is 32.2. The lowest BCUT2D eigenvalue weighted by Crippen LogP contribution is -1.87. The fourth-order valence-electron chi connectivity index (χ4n) is 1.11. The molecule has 2 rings (SSSR count). The molecule has 0 bridgehead atoms. The van der Waals surface area contributed by atoms with E-state index >= 15 is 0 Å². The van der Waals surface area contributed by atoms with Gasteiger partial charge in [0.25, 0.3) is 0 Å². The summed E-state index contributed by atoms with van der Waals surface area (Å²) in [5.41, 5.74) is 0.898. The number of aromatic hydroxyl groups is 1. The third kappa shape index (κ3) is 2.70. The number of phenols is 1. The molecule has 15 heavy (non-hydrogen) atoms. The average Bonchev–Trinajstić information content (AvgIpc) is 2.22. The number of hydrogen-bond donors (Lipinski definition) is 1. The lowest BCUT2D eigenvalue weighted by molar-refractivity contribution is 0.474. The van der Waals surface area contributed by atoms with Gasteiger partial charge in [-0.25, -0.2) is 0 Å².